The van der Waals surface area contributed by atoms with Gasteiger partial charge in [0.05, 0.1) is 22.6 Å². The predicted molar refractivity (Wildman–Crippen MR) is 67.3 cm³/mol. The van der Waals surface area contributed by atoms with E-state index in [1.165, 1.54) is 29.6 Å². The zero-order valence-electron chi connectivity index (χ0n) is 10.4. The molecule has 0 fully saturated rings. The summed E-state index contributed by atoms with van der Waals surface area (Å²) >= 11 is 0. The van der Waals surface area contributed by atoms with Crippen molar-refractivity contribution >= 4 is 10.0 Å². The molecule has 5 nitrogen and oxygen atoms in total. The number of rotatable bonds is 5. The van der Waals surface area contributed by atoms with Gasteiger partial charge >= 0.3 is 0 Å². The molecule has 0 aliphatic carbocycles. The fourth-order valence-electron chi connectivity index (χ4n) is 1.39. The van der Waals surface area contributed by atoms with Crippen molar-refractivity contribution in [1.29, 1.82) is 5.26 Å². The van der Waals surface area contributed by atoms with Crippen LogP contribution < -0.4 is 0 Å². The lowest BCUT2D eigenvalue weighted by atomic mass is 10.2. The van der Waals surface area contributed by atoms with Crippen molar-refractivity contribution in [2.24, 2.45) is 0 Å². The van der Waals surface area contributed by atoms with E-state index in [-0.39, 0.29) is 11.4 Å². The van der Waals surface area contributed by atoms with Crippen LogP contribution in [-0.2, 0) is 10.0 Å². The van der Waals surface area contributed by atoms with Crippen molar-refractivity contribution in [1.82, 2.24) is 4.31 Å². The molecule has 0 aromatic heterocycles. The summed E-state index contributed by atoms with van der Waals surface area (Å²) in [4.78, 5) is 0.0923. The number of hydrogen-bond donors (Lipinski definition) is 1. The summed E-state index contributed by atoms with van der Waals surface area (Å²) in [6.07, 6.45) is -0.179. The fourth-order valence-corrected chi connectivity index (χ4v) is 2.63. The van der Waals surface area contributed by atoms with E-state index in [1.54, 1.807) is 13.0 Å². The van der Waals surface area contributed by atoms with E-state index in [2.05, 4.69) is 0 Å². The standard InChI is InChI=1S/C12H16N2O3S/c1-10(15)6-7-14(2)18(16,17)12-5-3-4-11(8-12)9-13/h3-5,8,10,15H,6-7H2,1-2H3. The lowest BCUT2D eigenvalue weighted by Gasteiger charge is -2.17. The summed E-state index contributed by atoms with van der Waals surface area (Å²) in [7, 11) is -2.14. The first-order chi connectivity index (χ1) is 8.37. The Kier molecular flexibility index (Phi) is 4.84. The summed E-state index contributed by atoms with van der Waals surface area (Å²) in [6.45, 7) is 1.84. The van der Waals surface area contributed by atoms with Crippen molar-refractivity contribution in [3.8, 4) is 6.07 Å². The first-order valence-corrected chi connectivity index (χ1v) is 6.96. The molecule has 1 rings (SSSR count). The number of sulfonamides is 1. The topological polar surface area (TPSA) is 81.4 Å². The van der Waals surface area contributed by atoms with Crippen LogP contribution in [0.5, 0.6) is 0 Å². The Bertz CT molecular complexity index is 547. The first-order valence-electron chi connectivity index (χ1n) is 5.52. The average molecular weight is 268 g/mol. The maximum atomic E-state index is 12.1. The Hall–Kier alpha value is -1.42. The number of hydrogen-bond acceptors (Lipinski definition) is 4. The van der Waals surface area contributed by atoms with Crippen LogP contribution >= 0.6 is 0 Å². The molecular formula is C12H16N2O3S. The number of benzene rings is 1. The SMILES string of the molecule is CC(O)CCN(C)S(=O)(=O)c1cccc(C#N)c1. The van der Waals surface area contributed by atoms with Gasteiger partial charge in [-0.2, -0.15) is 5.26 Å². The average Bonchev–Trinajstić information content (AvgIpc) is 2.35. The Labute approximate surface area is 107 Å². The Morgan fingerprint density at radius 1 is 1.50 bits per heavy atom. The Morgan fingerprint density at radius 2 is 2.17 bits per heavy atom. The van der Waals surface area contributed by atoms with Crippen molar-refractivity contribution in [2.75, 3.05) is 13.6 Å². The normalized spacial score (nSPS) is 13.3. The van der Waals surface area contributed by atoms with Crippen molar-refractivity contribution in [3.05, 3.63) is 29.8 Å². The van der Waals surface area contributed by atoms with E-state index in [1.807, 2.05) is 6.07 Å². The minimum absolute atomic E-state index is 0.0923. The molecule has 1 aromatic carbocycles. The zero-order chi connectivity index (χ0) is 13.8. The van der Waals surface area contributed by atoms with E-state index >= 15 is 0 Å². The maximum absolute atomic E-state index is 12.1. The third-order valence-corrected chi connectivity index (χ3v) is 4.39. The summed E-state index contributed by atoms with van der Waals surface area (Å²) in [5, 5.41) is 17.9. The molecule has 1 atom stereocenters. The summed E-state index contributed by atoms with van der Waals surface area (Å²) in [5.41, 5.74) is 0.306. The van der Waals surface area contributed by atoms with E-state index < -0.39 is 16.1 Å². The Balaban J connectivity index is 2.95. The lowest BCUT2D eigenvalue weighted by molar-refractivity contribution is 0.177. The van der Waals surface area contributed by atoms with Crippen molar-refractivity contribution in [2.45, 2.75) is 24.3 Å². The minimum atomic E-state index is -3.60. The summed E-state index contributed by atoms with van der Waals surface area (Å²) in [6, 6.07) is 7.79. The molecule has 0 radical (unpaired) electrons. The zero-order valence-corrected chi connectivity index (χ0v) is 11.2. The van der Waals surface area contributed by atoms with Crippen LogP contribution in [0.15, 0.2) is 29.2 Å². The van der Waals surface area contributed by atoms with E-state index in [0.717, 1.165) is 0 Å². The molecular weight excluding hydrogens is 252 g/mol. The van der Waals surface area contributed by atoms with Gasteiger partial charge in [-0.05, 0) is 31.5 Å². The quantitative estimate of drug-likeness (QED) is 0.862. The molecule has 0 heterocycles. The minimum Gasteiger partial charge on any atom is -0.393 e. The smallest absolute Gasteiger partial charge is 0.242 e. The van der Waals surface area contributed by atoms with Gasteiger partial charge in [-0.1, -0.05) is 6.07 Å². The second kappa shape index (κ2) is 5.96. The van der Waals surface area contributed by atoms with Crippen LogP contribution in [0, 0.1) is 11.3 Å². The van der Waals surface area contributed by atoms with E-state index in [4.69, 9.17) is 10.4 Å². The van der Waals surface area contributed by atoms with Crippen LogP contribution in [-0.4, -0.2) is 37.5 Å². The van der Waals surface area contributed by atoms with Crippen LogP contribution in [0.3, 0.4) is 0 Å². The molecule has 0 aliphatic heterocycles. The van der Waals surface area contributed by atoms with Crippen LogP contribution in [0.25, 0.3) is 0 Å². The molecule has 0 bridgehead atoms. The van der Waals surface area contributed by atoms with Gasteiger partial charge in [-0.3, -0.25) is 0 Å². The highest BCUT2D eigenvalue weighted by molar-refractivity contribution is 7.89. The van der Waals surface area contributed by atoms with Crippen molar-refractivity contribution in [3.63, 3.8) is 0 Å². The van der Waals surface area contributed by atoms with Crippen LogP contribution in [0.1, 0.15) is 18.9 Å². The second-order valence-electron chi connectivity index (χ2n) is 4.10. The molecule has 0 saturated carbocycles. The number of nitrogens with zero attached hydrogens (tertiary/aromatic N) is 2. The number of aliphatic hydroxyl groups excluding tert-OH is 1. The van der Waals surface area contributed by atoms with Gasteiger partial charge in [-0.25, -0.2) is 12.7 Å². The third-order valence-electron chi connectivity index (χ3n) is 2.53. The Morgan fingerprint density at radius 3 is 2.72 bits per heavy atom. The van der Waals surface area contributed by atoms with Gasteiger partial charge < -0.3 is 5.11 Å². The number of aliphatic hydroxyl groups is 1. The van der Waals surface area contributed by atoms with Crippen LogP contribution in [0.4, 0.5) is 0 Å². The monoisotopic (exact) mass is 268 g/mol. The fraction of sp³-hybridized carbons (Fsp3) is 0.417. The third kappa shape index (κ3) is 3.53. The summed E-state index contributed by atoms with van der Waals surface area (Å²) in [5.74, 6) is 0. The van der Waals surface area contributed by atoms with Gasteiger partial charge in [-0.15, -0.1) is 0 Å². The predicted octanol–water partition coefficient (Wildman–Crippen LogP) is 0.950. The first kappa shape index (κ1) is 14.6. The van der Waals surface area contributed by atoms with Gasteiger partial charge in [0, 0.05) is 13.6 Å². The van der Waals surface area contributed by atoms with E-state index in [0.29, 0.717) is 12.0 Å². The molecule has 6 heteroatoms. The van der Waals surface area contributed by atoms with Gasteiger partial charge in [0.1, 0.15) is 0 Å². The molecule has 18 heavy (non-hydrogen) atoms. The molecule has 0 aliphatic rings. The summed E-state index contributed by atoms with van der Waals surface area (Å²) < 4.78 is 25.5. The van der Waals surface area contributed by atoms with Crippen LogP contribution in [0.2, 0.25) is 0 Å². The highest BCUT2D eigenvalue weighted by Crippen LogP contribution is 2.16. The van der Waals surface area contributed by atoms with E-state index in [9.17, 15) is 8.42 Å². The maximum Gasteiger partial charge on any atom is 0.242 e. The molecule has 1 aromatic rings. The molecule has 0 saturated heterocycles. The largest absolute Gasteiger partial charge is 0.393 e. The van der Waals surface area contributed by atoms with Gasteiger partial charge in [0.2, 0.25) is 10.0 Å². The molecule has 98 valence electrons. The van der Waals surface area contributed by atoms with Gasteiger partial charge in [0.25, 0.3) is 0 Å². The molecule has 0 amide bonds. The van der Waals surface area contributed by atoms with Gasteiger partial charge in [0.15, 0.2) is 0 Å². The highest BCUT2D eigenvalue weighted by Gasteiger charge is 2.20. The second-order valence-corrected chi connectivity index (χ2v) is 6.15. The molecule has 0 spiro atoms. The highest BCUT2D eigenvalue weighted by atomic mass is 32.2. The lowest BCUT2D eigenvalue weighted by Crippen LogP contribution is -2.29. The molecule has 1 unspecified atom stereocenters. The number of nitriles is 1. The van der Waals surface area contributed by atoms with Crippen molar-refractivity contribution < 1.29 is 13.5 Å². The molecule has 1 N–H and O–H groups in total.